The molecule has 34 heavy (non-hydrogen) atoms. The second-order valence-electron chi connectivity index (χ2n) is 9.22. The maximum absolute atomic E-state index is 13.1. The summed E-state index contributed by atoms with van der Waals surface area (Å²) in [4.78, 5) is 17.2. The Hall–Kier alpha value is -2.07. The fraction of sp³-hybridized carbons (Fsp3) is 0.417. The van der Waals surface area contributed by atoms with Gasteiger partial charge in [-0.3, -0.25) is 4.79 Å². The molecule has 2 N–H and O–H groups in total. The van der Waals surface area contributed by atoms with Crippen LogP contribution in [0.2, 0.25) is 5.15 Å². The molecule has 0 radical (unpaired) electrons. The van der Waals surface area contributed by atoms with E-state index in [0.717, 1.165) is 16.9 Å². The molecule has 0 saturated heterocycles. The molecule has 0 aliphatic carbocycles. The van der Waals surface area contributed by atoms with Gasteiger partial charge in [-0.1, -0.05) is 36.4 Å². The molecule has 2 aromatic heterocycles. The summed E-state index contributed by atoms with van der Waals surface area (Å²) < 4.78 is 35.0. The molecule has 0 saturated carbocycles. The summed E-state index contributed by atoms with van der Waals surface area (Å²) in [5.74, 6) is 0.767. The van der Waals surface area contributed by atoms with Crippen molar-refractivity contribution in [2.24, 2.45) is 0 Å². The first-order valence-electron chi connectivity index (χ1n) is 10.9. The van der Waals surface area contributed by atoms with Crippen molar-refractivity contribution in [1.82, 2.24) is 9.71 Å². The minimum absolute atomic E-state index is 0.0659. The summed E-state index contributed by atoms with van der Waals surface area (Å²) in [6.45, 7) is 12.8. The minimum atomic E-state index is -3.96. The van der Waals surface area contributed by atoms with Gasteiger partial charge in [0, 0.05) is 16.7 Å². The molecule has 1 aromatic carbocycles. The van der Waals surface area contributed by atoms with Crippen molar-refractivity contribution in [2.75, 3.05) is 11.1 Å². The topological polar surface area (TPSA) is 101 Å². The van der Waals surface area contributed by atoms with Crippen LogP contribution in [-0.4, -0.2) is 24.7 Å². The van der Waals surface area contributed by atoms with E-state index in [0.29, 0.717) is 27.3 Å². The maximum atomic E-state index is 13.1. The molecule has 184 valence electrons. The number of aryl methyl sites for hydroxylation is 1. The molecule has 0 bridgehead atoms. The summed E-state index contributed by atoms with van der Waals surface area (Å²) in [6, 6.07) is 6.46. The van der Waals surface area contributed by atoms with Crippen LogP contribution in [0.25, 0.3) is 11.0 Å². The zero-order valence-electron chi connectivity index (χ0n) is 20.4. The number of hydrogen-bond acceptors (Lipinski definition) is 7. The van der Waals surface area contributed by atoms with Gasteiger partial charge in [-0.25, -0.2) is 18.1 Å². The standard InChI is InChI=1S/C24H30ClN3O4S2/c1-8-33-23-14(3)20(29)17-12-13(2)11-16(21(17)32-23)15(4)26-18-9-10-19(25)27-22(18)34(30,31)28-24(5,6)7/h9-12,15,26,28H,8H2,1-7H3. The molecule has 1 atom stereocenters. The Bertz CT molecular complexity index is 1400. The Morgan fingerprint density at radius 2 is 1.88 bits per heavy atom. The van der Waals surface area contributed by atoms with E-state index in [4.69, 9.17) is 16.0 Å². The zero-order chi connectivity index (χ0) is 25.4. The summed E-state index contributed by atoms with van der Waals surface area (Å²) in [5, 5.41) is 4.20. The molecular weight excluding hydrogens is 494 g/mol. The van der Waals surface area contributed by atoms with E-state index in [1.807, 2.05) is 32.9 Å². The van der Waals surface area contributed by atoms with Crippen LogP contribution in [0.4, 0.5) is 5.69 Å². The SMILES string of the molecule is CCSc1oc2c(C(C)Nc3ccc(Cl)nc3S(=O)(=O)NC(C)(C)C)cc(C)cc2c(=O)c1C. The highest BCUT2D eigenvalue weighted by Crippen LogP contribution is 2.33. The molecule has 1 unspecified atom stereocenters. The molecule has 0 amide bonds. The lowest BCUT2D eigenvalue weighted by molar-refractivity contribution is 0.488. The Morgan fingerprint density at radius 1 is 1.21 bits per heavy atom. The second-order valence-corrected chi connectivity index (χ2v) is 12.4. The van der Waals surface area contributed by atoms with Gasteiger partial charge in [-0.15, -0.1) is 0 Å². The number of sulfonamides is 1. The number of rotatable bonds is 7. The van der Waals surface area contributed by atoms with Crippen molar-refractivity contribution in [1.29, 1.82) is 0 Å². The summed E-state index contributed by atoms with van der Waals surface area (Å²) in [7, 11) is -3.96. The normalized spacial score (nSPS) is 13.3. The highest BCUT2D eigenvalue weighted by Gasteiger charge is 2.28. The number of thioether (sulfide) groups is 1. The third kappa shape index (κ3) is 5.76. The van der Waals surface area contributed by atoms with Crippen LogP contribution in [0.15, 0.2) is 43.6 Å². The van der Waals surface area contributed by atoms with E-state index in [-0.39, 0.29) is 15.6 Å². The van der Waals surface area contributed by atoms with Crippen LogP contribution in [-0.2, 0) is 10.0 Å². The van der Waals surface area contributed by atoms with Gasteiger partial charge in [-0.2, -0.15) is 0 Å². The van der Waals surface area contributed by atoms with Crippen LogP contribution in [0.3, 0.4) is 0 Å². The molecular formula is C24H30ClN3O4S2. The van der Waals surface area contributed by atoms with Crippen LogP contribution >= 0.6 is 23.4 Å². The Kier molecular flexibility index (Phi) is 7.72. The minimum Gasteiger partial charge on any atom is -0.449 e. The molecule has 3 aromatic rings. The van der Waals surface area contributed by atoms with Gasteiger partial charge in [0.05, 0.1) is 17.1 Å². The van der Waals surface area contributed by atoms with E-state index in [1.165, 1.54) is 17.8 Å². The maximum Gasteiger partial charge on any atom is 0.260 e. The molecule has 0 aliphatic heterocycles. The predicted molar refractivity (Wildman–Crippen MR) is 140 cm³/mol. The zero-order valence-corrected chi connectivity index (χ0v) is 22.8. The van der Waals surface area contributed by atoms with Crippen LogP contribution in [0, 0.1) is 13.8 Å². The van der Waals surface area contributed by atoms with Crippen LogP contribution < -0.4 is 15.5 Å². The van der Waals surface area contributed by atoms with Crippen molar-refractivity contribution >= 4 is 50.0 Å². The van der Waals surface area contributed by atoms with Crippen molar-refractivity contribution in [3.8, 4) is 0 Å². The van der Waals surface area contributed by atoms with E-state index in [1.54, 1.807) is 33.8 Å². The van der Waals surface area contributed by atoms with Gasteiger partial charge in [0.1, 0.15) is 10.7 Å². The van der Waals surface area contributed by atoms with E-state index < -0.39 is 21.6 Å². The third-order valence-electron chi connectivity index (χ3n) is 4.98. The lowest BCUT2D eigenvalue weighted by atomic mass is 10.0. The number of aromatic nitrogens is 1. The van der Waals surface area contributed by atoms with Gasteiger partial charge >= 0.3 is 0 Å². The average molecular weight is 524 g/mol. The molecule has 0 spiro atoms. The lowest BCUT2D eigenvalue weighted by Crippen LogP contribution is -2.41. The van der Waals surface area contributed by atoms with Crippen LogP contribution in [0.5, 0.6) is 0 Å². The number of nitrogens with one attached hydrogen (secondary N) is 2. The molecule has 0 aliphatic rings. The highest BCUT2D eigenvalue weighted by atomic mass is 35.5. The molecule has 7 nitrogen and oxygen atoms in total. The smallest absolute Gasteiger partial charge is 0.260 e. The van der Waals surface area contributed by atoms with Crippen molar-refractivity contribution in [3.05, 3.63) is 56.3 Å². The molecule has 3 rings (SSSR count). The van der Waals surface area contributed by atoms with Gasteiger partial charge < -0.3 is 9.73 Å². The fourth-order valence-corrected chi connectivity index (χ4v) is 6.08. The Labute approximate surface area is 209 Å². The van der Waals surface area contributed by atoms with E-state index in [9.17, 15) is 13.2 Å². The first-order chi connectivity index (χ1) is 15.7. The average Bonchev–Trinajstić information content (AvgIpc) is 2.71. The number of anilines is 1. The first kappa shape index (κ1) is 26.5. The summed E-state index contributed by atoms with van der Waals surface area (Å²) >= 11 is 7.52. The van der Waals surface area contributed by atoms with Gasteiger partial charge in [0.25, 0.3) is 10.0 Å². The van der Waals surface area contributed by atoms with Gasteiger partial charge in [0.2, 0.25) is 0 Å². The highest BCUT2D eigenvalue weighted by molar-refractivity contribution is 7.99. The number of nitrogens with zero attached hydrogens (tertiary/aromatic N) is 1. The molecule has 2 heterocycles. The summed E-state index contributed by atoms with van der Waals surface area (Å²) in [6.07, 6.45) is 0. The first-order valence-corrected chi connectivity index (χ1v) is 13.8. The largest absolute Gasteiger partial charge is 0.449 e. The monoisotopic (exact) mass is 523 g/mol. The Balaban J connectivity index is 2.13. The number of fused-ring (bicyclic) bond motifs is 1. The van der Waals surface area contributed by atoms with Crippen molar-refractivity contribution in [2.45, 2.75) is 70.2 Å². The number of halogens is 1. The predicted octanol–water partition coefficient (Wildman–Crippen LogP) is 5.82. The number of hydrogen-bond donors (Lipinski definition) is 2. The molecule has 10 heteroatoms. The number of benzene rings is 1. The van der Waals surface area contributed by atoms with Gasteiger partial charge in [-0.05, 0) is 71.1 Å². The second kappa shape index (κ2) is 9.89. The lowest BCUT2D eigenvalue weighted by Gasteiger charge is -2.23. The van der Waals surface area contributed by atoms with Gasteiger partial charge in [0.15, 0.2) is 15.5 Å². The van der Waals surface area contributed by atoms with Crippen molar-refractivity contribution in [3.63, 3.8) is 0 Å². The van der Waals surface area contributed by atoms with E-state index in [2.05, 4.69) is 15.0 Å². The van der Waals surface area contributed by atoms with Crippen molar-refractivity contribution < 1.29 is 12.8 Å². The number of pyridine rings is 1. The third-order valence-corrected chi connectivity index (χ3v) is 7.84. The summed E-state index contributed by atoms with van der Waals surface area (Å²) in [5.41, 5.74) is 2.23. The Morgan fingerprint density at radius 3 is 2.50 bits per heavy atom. The van der Waals surface area contributed by atoms with Crippen LogP contribution in [0.1, 0.15) is 57.4 Å². The molecule has 0 fully saturated rings. The van der Waals surface area contributed by atoms with E-state index >= 15 is 0 Å². The fourth-order valence-electron chi connectivity index (χ4n) is 3.63. The quantitative estimate of drug-likeness (QED) is 0.297.